The Balaban J connectivity index is 1.22. The molecule has 2 aliphatic rings. The van der Waals surface area contributed by atoms with Crippen LogP contribution in [0.3, 0.4) is 0 Å². The summed E-state index contributed by atoms with van der Waals surface area (Å²) in [7, 11) is 3.86. The number of anilines is 3. The molecule has 11 nitrogen and oxygen atoms in total. The van der Waals surface area contributed by atoms with Gasteiger partial charge >= 0.3 is 0 Å². The molecule has 4 N–H and O–H groups in total. The first-order valence-electron chi connectivity index (χ1n) is 12.5. The van der Waals surface area contributed by atoms with Crippen molar-refractivity contribution < 1.29 is 9.90 Å². The van der Waals surface area contributed by atoms with Gasteiger partial charge in [0.1, 0.15) is 5.69 Å². The fraction of sp³-hybridized carbons (Fsp3) is 0.259. The predicted octanol–water partition coefficient (Wildman–Crippen LogP) is 2.16. The van der Waals surface area contributed by atoms with Crippen LogP contribution in [0.1, 0.15) is 15.9 Å². The van der Waals surface area contributed by atoms with E-state index in [1.807, 2.05) is 24.3 Å². The summed E-state index contributed by atoms with van der Waals surface area (Å²) in [5.41, 5.74) is 8.53. The van der Waals surface area contributed by atoms with Crippen molar-refractivity contribution in [1.82, 2.24) is 30.5 Å². The molecule has 1 saturated heterocycles. The number of H-pyrrole nitrogens is 1. The number of aromatic nitrogens is 4. The number of piperazine rings is 1. The molecule has 194 valence electrons. The first-order chi connectivity index (χ1) is 18.5. The van der Waals surface area contributed by atoms with Crippen LogP contribution in [0, 0.1) is 0 Å². The standard InChI is InChI=1S/C27H29N9O2/c1-34-12-14-36(15-13-34)18-8-6-17(7-9-18)24-23-25(32-31-24)19-4-3-5-20(22(19)26(23)37)30-27(38)33-35(2)21-16-28-10-11-29-21/h3-11,16,27,30,33,38H,12-15H2,1-2H3,(H,31,32). The minimum Gasteiger partial charge on any atom is -0.369 e. The summed E-state index contributed by atoms with van der Waals surface area (Å²) >= 11 is 0. The molecule has 0 bridgehead atoms. The minimum atomic E-state index is -1.18. The number of aromatic amines is 1. The number of nitrogens with zero attached hydrogens (tertiary/aromatic N) is 6. The number of carbonyl (C=O) groups excluding carboxylic acids is 1. The van der Waals surface area contributed by atoms with Gasteiger partial charge in [-0.25, -0.2) is 4.98 Å². The number of aliphatic hydroxyl groups excluding tert-OH is 1. The Labute approximate surface area is 220 Å². The number of hydrogen-bond donors (Lipinski definition) is 4. The molecule has 0 saturated carbocycles. The summed E-state index contributed by atoms with van der Waals surface area (Å²) in [4.78, 5) is 26.6. The zero-order chi connectivity index (χ0) is 26.2. The average Bonchev–Trinajstić information content (AvgIpc) is 3.50. The van der Waals surface area contributed by atoms with E-state index in [0.29, 0.717) is 34.0 Å². The van der Waals surface area contributed by atoms with E-state index in [1.165, 1.54) is 5.69 Å². The molecule has 1 aliphatic heterocycles. The smallest absolute Gasteiger partial charge is 0.200 e. The molecule has 0 radical (unpaired) electrons. The van der Waals surface area contributed by atoms with Gasteiger partial charge in [-0.1, -0.05) is 24.3 Å². The molecule has 1 fully saturated rings. The Hall–Kier alpha value is -4.32. The molecule has 1 aliphatic carbocycles. The van der Waals surface area contributed by atoms with E-state index in [-0.39, 0.29) is 5.78 Å². The van der Waals surface area contributed by atoms with E-state index in [0.717, 1.165) is 37.3 Å². The van der Waals surface area contributed by atoms with Crippen LogP contribution in [0.2, 0.25) is 0 Å². The van der Waals surface area contributed by atoms with E-state index in [2.05, 4.69) is 59.9 Å². The van der Waals surface area contributed by atoms with E-state index < -0.39 is 6.35 Å². The SMILES string of the molecule is CN1CCN(c2ccc(-c3n[nH]c4c3C(=O)c3c(NC(O)NN(C)c5cnccn5)cccc3-4)cc2)CC1. The van der Waals surface area contributed by atoms with Crippen LogP contribution in [0.25, 0.3) is 22.5 Å². The van der Waals surface area contributed by atoms with Crippen LogP contribution in [-0.4, -0.2) is 82.6 Å². The molecule has 1 atom stereocenters. The third-order valence-electron chi connectivity index (χ3n) is 7.06. The Morgan fingerprint density at radius 2 is 1.84 bits per heavy atom. The molecule has 0 spiro atoms. The van der Waals surface area contributed by atoms with Gasteiger partial charge in [-0.15, -0.1) is 0 Å². The lowest BCUT2D eigenvalue weighted by molar-refractivity contribution is 0.104. The summed E-state index contributed by atoms with van der Waals surface area (Å²) in [6.07, 6.45) is 3.53. The monoisotopic (exact) mass is 511 g/mol. The highest BCUT2D eigenvalue weighted by atomic mass is 16.3. The number of hydrogen-bond acceptors (Lipinski definition) is 10. The third kappa shape index (κ3) is 4.36. The topological polar surface area (TPSA) is 126 Å². The van der Waals surface area contributed by atoms with Crippen molar-refractivity contribution in [1.29, 1.82) is 0 Å². The molecular weight excluding hydrogens is 482 g/mol. The average molecular weight is 512 g/mol. The van der Waals surface area contributed by atoms with Crippen molar-refractivity contribution in [2.45, 2.75) is 6.35 Å². The molecule has 2 aromatic heterocycles. The van der Waals surface area contributed by atoms with Crippen LogP contribution in [0.15, 0.2) is 61.1 Å². The lowest BCUT2D eigenvalue weighted by Crippen LogP contribution is -2.47. The first-order valence-corrected chi connectivity index (χ1v) is 12.5. The van der Waals surface area contributed by atoms with Gasteiger partial charge in [-0.05, 0) is 25.2 Å². The summed E-state index contributed by atoms with van der Waals surface area (Å²) in [6, 6.07) is 13.7. The molecule has 3 heterocycles. The number of ketones is 1. The highest BCUT2D eigenvalue weighted by Crippen LogP contribution is 2.43. The number of carbonyl (C=O) groups is 1. The van der Waals surface area contributed by atoms with Crippen molar-refractivity contribution in [2.75, 3.05) is 55.5 Å². The van der Waals surface area contributed by atoms with Crippen LogP contribution in [0.5, 0.6) is 0 Å². The minimum absolute atomic E-state index is 0.139. The fourth-order valence-electron chi connectivity index (χ4n) is 5.01. The maximum Gasteiger partial charge on any atom is 0.200 e. The van der Waals surface area contributed by atoms with Crippen LogP contribution >= 0.6 is 0 Å². The number of fused-ring (bicyclic) bond motifs is 3. The normalized spacial score (nSPS) is 15.8. The van der Waals surface area contributed by atoms with Gasteiger partial charge in [0.15, 0.2) is 18.0 Å². The largest absolute Gasteiger partial charge is 0.369 e. The van der Waals surface area contributed by atoms with Gasteiger partial charge in [0.2, 0.25) is 0 Å². The zero-order valence-corrected chi connectivity index (χ0v) is 21.2. The summed E-state index contributed by atoms with van der Waals surface area (Å²) < 4.78 is 0. The van der Waals surface area contributed by atoms with Crippen molar-refractivity contribution in [3.8, 4) is 22.5 Å². The zero-order valence-electron chi connectivity index (χ0n) is 21.2. The highest BCUT2D eigenvalue weighted by molar-refractivity contribution is 6.26. The molecule has 0 amide bonds. The Morgan fingerprint density at radius 3 is 2.58 bits per heavy atom. The molecule has 11 heteroatoms. The Kier molecular flexibility index (Phi) is 6.24. The predicted molar refractivity (Wildman–Crippen MR) is 146 cm³/mol. The quantitative estimate of drug-likeness (QED) is 0.191. The Morgan fingerprint density at radius 1 is 1.05 bits per heavy atom. The van der Waals surface area contributed by atoms with Crippen LogP contribution < -0.4 is 20.7 Å². The third-order valence-corrected chi connectivity index (χ3v) is 7.06. The lowest BCUT2D eigenvalue weighted by Gasteiger charge is -2.34. The van der Waals surface area contributed by atoms with Crippen molar-refractivity contribution in [2.24, 2.45) is 0 Å². The van der Waals surface area contributed by atoms with Crippen molar-refractivity contribution in [3.63, 3.8) is 0 Å². The number of likely N-dealkylation sites (N-methyl/N-ethyl adjacent to an activating group) is 1. The van der Waals surface area contributed by atoms with Crippen molar-refractivity contribution in [3.05, 3.63) is 72.2 Å². The maximum atomic E-state index is 13.7. The second kappa shape index (κ2) is 9.86. The molecule has 6 rings (SSSR count). The second-order valence-corrected chi connectivity index (χ2v) is 9.52. The highest BCUT2D eigenvalue weighted by Gasteiger charge is 2.35. The van der Waals surface area contributed by atoms with Gasteiger partial charge in [0.25, 0.3) is 0 Å². The van der Waals surface area contributed by atoms with Gasteiger partial charge in [-0.2, -0.15) is 10.5 Å². The number of nitrogens with one attached hydrogen (secondary N) is 3. The fourth-order valence-corrected chi connectivity index (χ4v) is 5.01. The lowest BCUT2D eigenvalue weighted by atomic mass is 10.0. The van der Waals surface area contributed by atoms with E-state index in [1.54, 1.807) is 36.7 Å². The Bertz CT molecular complexity index is 1450. The van der Waals surface area contributed by atoms with Gasteiger partial charge in [0, 0.05) is 68.1 Å². The van der Waals surface area contributed by atoms with Crippen molar-refractivity contribution >= 4 is 23.0 Å². The number of benzene rings is 2. The molecular formula is C27H29N9O2. The molecule has 1 unspecified atom stereocenters. The first kappa shape index (κ1) is 24.0. The number of aliphatic hydroxyl groups is 1. The molecule has 4 aromatic rings. The number of hydrazine groups is 1. The second-order valence-electron chi connectivity index (χ2n) is 9.52. The van der Waals surface area contributed by atoms with Crippen LogP contribution in [0.4, 0.5) is 17.2 Å². The maximum absolute atomic E-state index is 13.7. The summed E-state index contributed by atoms with van der Waals surface area (Å²) in [5.74, 6) is 0.395. The molecule has 2 aromatic carbocycles. The van der Waals surface area contributed by atoms with E-state index >= 15 is 0 Å². The van der Waals surface area contributed by atoms with Crippen LogP contribution in [-0.2, 0) is 0 Å². The summed E-state index contributed by atoms with van der Waals surface area (Å²) in [6.45, 7) is 4.07. The summed E-state index contributed by atoms with van der Waals surface area (Å²) in [5, 5.41) is 22.8. The molecule has 38 heavy (non-hydrogen) atoms. The van der Waals surface area contributed by atoms with Gasteiger partial charge in [0.05, 0.1) is 23.0 Å². The van der Waals surface area contributed by atoms with Gasteiger partial charge in [-0.3, -0.25) is 19.9 Å². The van der Waals surface area contributed by atoms with Gasteiger partial charge < -0.3 is 20.2 Å². The number of rotatable bonds is 7. The van der Waals surface area contributed by atoms with E-state index in [4.69, 9.17) is 0 Å². The van der Waals surface area contributed by atoms with E-state index in [9.17, 15) is 9.90 Å².